The lowest BCUT2D eigenvalue weighted by Crippen LogP contribution is -2.44. The van der Waals surface area contributed by atoms with Gasteiger partial charge < -0.3 is 9.64 Å². The molecule has 0 aromatic heterocycles. The summed E-state index contributed by atoms with van der Waals surface area (Å²) in [5.41, 5.74) is 1.08. The molecule has 3 nitrogen and oxygen atoms in total. The molecule has 0 aliphatic carbocycles. The zero-order valence-electron chi connectivity index (χ0n) is 12.1. The van der Waals surface area contributed by atoms with Crippen LogP contribution in [0.3, 0.4) is 0 Å². The van der Waals surface area contributed by atoms with E-state index in [0.717, 1.165) is 23.4 Å². The molecule has 1 aliphatic heterocycles. The molecule has 1 saturated heterocycles. The summed E-state index contributed by atoms with van der Waals surface area (Å²) in [5, 5.41) is 0.717. The predicted octanol–water partition coefficient (Wildman–Crippen LogP) is 3.68. The number of ether oxygens (including phenoxy) is 1. The number of carbonyl (C=O) groups excluding carboxylic acids is 1. The Morgan fingerprint density at radius 2 is 2.00 bits per heavy atom. The first-order valence-corrected chi connectivity index (χ1v) is 7.69. The highest BCUT2D eigenvalue weighted by molar-refractivity contribution is 6.30. The highest BCUT2D eigenvalue weighted by Crippen LogP contribution is 2.25. The number of carbonyl (C=O) groups is 1. The standard InChI is InChI=1S/C16H22ClNO2/c1-3-12(4-2)16(19)18-9-10-20-15(11-18)13-5-7-14(17)8-6-13/h5-8,12,15H,3-4,9-11H2,1-2H3. The monoisotopic (exact) mass is 295 g/mol. The first-order valence-electron chi connectivity index (χ1n) is 7.31. The van der Waals surface area contributed by atoms with Crippen molar-refractivity contribution < 1.29 is 9.53 Å². The summed E-state index contributed by atoms with van der Waals surface area (Å²) in [5.74, 6) is 0.399. The molecule has 20 heavy (non-hydrogen) atoms. The first kappa shape index (κ1) is 15.3. The van der Waals surface area contributed by atoms with E-state index in [0.29, 0.717) is 19.7 Å². The van der Waals surface area contributed by atoms with E-state index in [2.05, 4.69) is 13.8 Å². The van der Waals surface area contributed by atoms with E-state index in [1.54, 1.807) is 0 Å². The average Bonchev–Trinajstić information content (AvgIpc) is 2.49. The molecule has 1 aromatic rings. The number of hydrogen-bond acceptors (Lipinski definition) is 2. The Hall–Kier alpha value is -1.06. The molecular weight excluding hydrogens is 274 g/mol. The SMILES string of the molecule is CCC(CC)C(=O)N1CCOC(c2ccc(Cl)cc2)C1. The van der Waals surface area contributed by atoms with Gasteiger partial charge in [-0.25, -0.2) is 0 Å². The van der Waals surface area contributed by atoms with Gasteiger partial charge in [-0.1, -0.05) is 37.6 Å². The van der Waals surface area contributed by atoms with Crippen LogP contribution in [0, 0.1) is 5.92 Å². The number of rotatable bonds is 4. The molecule has 1 fully saturated rings. The van der Waals surface area contributed by atoms with E-state index in [9.17, 15) is 4.79 Å². The van der Waals surface area contributed by atoms with Gasteiger partial charge in [-0.15, -0.1) is 0 Å². The molecule has 4 heteroatoms. The van der Waals surface area contributed by atoms with Crippen LogP contribution in [0.2, 0.25) is 5.02 Å². The van der Waals surface area contributed by atoms with Gasteiger partial charge in [0.15, 0.2) is 0 Å². The second-order valence-corrected chi connectivity index (χ2v) is 5.65. The van der Waals surface area contributed by atoms with Crippen LogP contribution in [0.25, 0.3) is 0 Å². The zero-order valence-corrected chi connectivity index (χ0v) is 12.9. The summed E-state index contributed by atoms with van der Waals surface area (Å²) in [6, 6.07) is 7.67. The Bertz CT molecular complexity index is 442. The maximum atomic E-state index is 12.4. The molecule has 0 radical (unpaired) electrons. The lowest BCUT2D eigenvalue weighted by molar-refractivity contribution is -0.143. The van der Waals surface area contributed by atoms with Crippen molar-refractivity contribution in [2.45, 2.75) is 32.8 Å². The summed E-state index contributed by atoms with van der Waals surface area (Å²) in [7, 11) is 0. The lowest BCUT2D eigenvalue weighted by Gasteiger charge is -2.35. The van der Waals surface area contributed by atoms with Crippen molar-refractivity contribution in [3.8, 4) is 0 Å². The van der Waals surface area contributed by atoms with E-state index in [1.165, 1.54) is 0 Å². The average molecular weight is 296 g/mol. The van der Waals surface area contributed by atoms with Gasteiger partial charge in [0.05, 0.1) is 13.2 Å². The third-order valence-electron chi connectivity index (χ3n) is 3.95. The molecule has 1 amide bonds. The molecular formula is C16H22ClNO2. The quantitative estimate of drug-likeness (QED) is 0.848. The molecule has 1 unspecified atom stereocenters. The number of nitrogens with zero attached hydrogens (tertiary/aromatic N) is 1. The summed E-state index contributed by atoms with van der Waals surface area (Å²) in [6.07, 6.45) is 1.76. The van der Waals surface area contributed by atoms with Crippen LogP contribution in [0.1, 0.15) is 38.4 Å². The van der Waals surface area contributed by atoms with E-state index in [-0.39, 0.29) is 17.9 Å². The topological polar surface area (TPSA) is 29.5 Å². The predicted molar refractivity (Wildman–Crippen MR) is 80.8 cm³/mol. The molecule has 2 rings (SSSR count). The Morgan fingerprint density at radius 1 is 1.35 bits per heavy atom. The lowest BCUT2D eigenvalue weighted by atomic mass is 10.0. The number of hydrogen-bond donors (Lipinski definition) is 0. The molecule has 110 valence electrons. The van der Waals surface area contributed by atoms with Gasteiger partial charge in [-0.05, 0) is 30.5 Å². The zero-order chi connectivity index (χ0) is 14.5. The largest absolute Gasteiger partial charge is 0.370 e. The highest BCUT2D eigenvalue weighted by Gasteiger charge is 2.28. The van der Waals surface area contributed by atoms with Crippen molar-refractivity contribution in [2.75, 3.05) is 19.7 Å². The fourth-order valence-corrected chi connectivity index (χ4v) is 2.75. The van der Waals surface area contributed by atoms with E-state index < -0.39 is 0 Å². The van der Waals surface area contributed by atoms with Crippen molar-refractivity contribution in [2.24, 2.45) is 5.92 Å². The number of halogens is 1. The van der Waals surface area contributed by atoms with Crippen molar-refractivity contribution in [3.63, 3.8) is 0 Å². The Balaban J connectivity index is 2.04. The Morgan fingerprint density at radius 3 is 2.60 bits per heavy atom. The van der Waals surface area contributed by atoms with Crippen LogP contribution >= 0.6 is 11.6 Å². The summed E-state index contributed by atoms with van der Waals surface area (Å²) >= 11 is 5.90. The van der Waals surface area contributed by atoms with Gasteiger partial charge in [0.1, 0.15) is 6.10 Å². The highest BCUT2D eigenvalue weighted by atomic mass is 35.5. The molecule has 0 saturated carbocycles. The molecule has 1 heterocycles. The minimum absolute atomic E-state index is 0.0423. The van der Waals surface area contributed by atoms with E-state index in [1.807, 2.05) is 29.2 Å². The molecule has 1 aromatic carbocycles. The van der Waals surface area contributed by atoms with Crippen LogP contribution in [0.5, 0.6) is 0 Å². The van der Waals surface area contributed by atoms with Gasteiger partial charge in [0, 0.05) is 17.5 Å². The van der Waals surface area contributed by atoms with Gasteiger partial charge >= 0.3 is 0 Å². The number of benzene rings is 1. The third-order valence-corrected chi connectivity index (χ3v) is 4.21. The maximum absolute atomic E-state index is 12.4. The van der Waals surface area contributed by atoms with Crippen molar-refractivity contribution in [1.82, 2.24) is 4.90 Å². The smallest absolute Gasteiger partial charge is 0.225 e. The van der Waals surface area contributed by atoms with Crippen molar-refractivity contribution in [3.05, 3.63) is 34.9 Å². The first-order chi connectivity index (χ1) is 9.65. The molecule has 0 N–H and O–H groups in total. The van der Waals surface area contributed by atoms with Crippen LogP contribution in [-0.4, -0.2) is 30.5 Å². The van der Waals surface area contributed by atoms with E-state index in [4.69, 9.17) is 16.3 Å². The fraction of sp³-hybridized carbons (Fsp3) is 0.562. The second kappa shape index (κ2) is 7.09. The van der Waals surface area contributed by atoms with Gasteiger partial charge in [0.25, 0.3) is 0 Å². The Kier molecular flexibility index (Phi) is 5.44. The second-order valence-electron chi connectivity index (χ2n) is 5.21. The normalized spacial score (nSPS) is 19.4. The third kappa shape index (κ3) is 3.53. The maximum Gasteiger partial charge on any atom is 0.225 e. The molecule has 0 spiro atoms. The summed E-state index contributed by atoms with van der Waals surface area (Å²) in [4.78, 5) is 14.4. The fourth-order valence-electron chi connectivity index (χ4n) is 2.62. The van der Waals surface area contributed by atoms with Crippen molar-refractivity contribution in [1.29, 1.82) is 0 Å². The van der Waals surface area contributed by atoms with Crippen LogP contribution in [0.4, 0.5) is 0 Å². The van der Waals surface area contributed by atoms with Crippen molar-refractivity contribution >= 4 is 17.5 Å². The Labute approximate surface area is 125 Å². The minimum Gasteiger partial charge on any atom is -0.370 e. The van der Waals surface area contributed by atoms with Crippen LogP contribution < -0.4 is 0 Å². The molecule has 0 bridgehead atoms. The minimum atomic E-state index is -0.0423. The van der Waals surface area contributed by atoms with Gasteiger partial charge in [0.2, 0.25) is 5.91 Å². The van der Waals surface area contributed by atoms with Gasteiger partial charge in [-0.3, -0.25) is 4.79 Å². The number of amides is 1. The van der Waals surface area contributed by atoms with Crippen LogP contribution in [0.15, 0.2) is 24.3 Å². The molecule has 1 atom stereocenters. The summed E-state index contributed by atoms with van der Waals surface area (Å²) in [6.45, 7) is 6.07. The van der Waals surface area contributed by atoms with Gasteiger partial charge in [-0.2, -0.15) is 0 Å². The van der Waals surface area contributed by atoms with E-state index >= 15 is 0 Å². The molecule has 1 aliphatic rings. The number of morpholine rings is 1. The van der Waals surface area contributed by atoms with Crippen LogP contribution in [-0.2, 0) is 9.53 Å². The summed E-state index contributed by atoms with van der Waals surface area (Å²) < 4.78 is 5.79.